The van der Waals surface area contributed by atoms with Gasteiger partial charge in [-0.05, 0) is 62.2 Å². The number of rotatable bonds is 6. The Kier molecular flexibility index (Phi) is 8.44. The molecule has 1 aromatic carbocycles. The van der Waals surface area contributed by atoms with E-state index in [0.717, 1.165) is 0 Å². The standard InChI is InChI=1S/C31H28ClF2N7O4/c1-3-44-27-16-40(39-38-27)25-9-7-19(32)14-22(25)26-10-8-21(30(43)45-26)20-6-4-5-17(2)29(42)37-24-15-36-41(31(33)34)28(24)18-11-12-35-23(20)13-18/h7-17,20,31H,3-6H2,1-2H3,(H,37,42)/t17-,20-/m0/s1. The van der Waals surface area contributed by atoms with Crippen LogP contribution in [-0.2, 0) is 4.79 Å². The van der Waals surface area contributed by atoms with Gasteiger partial charge < -0.3 is 14.5 Å². The van der Waals surface area contributed by atoms with Crippen molar-refractivity contribution in [2.75, 3.05) is 11.9 Å². The van der Waals surface area contributed by atoms with Gasteiger partial charge in [-0.15, -0.1) is 0 Å². The first-order valence-electron chi connectivity index (χ1n) is 14.4. The number of carbonyl (C=O) groups is 1. The minimum Gasteiger partial charge on any atom is -0.476 e. The number of benzene rings is 1. The van der Waals surface area contributed by atoms with Gasteiger partial charge in [0.15, 0.2) is 0 Å². The number of halogens is 3. The number of pyridine rings is 1. The highest BCUT2D eigenvalue weighted by Gasteiger charge is 2.27. The molecule has 232 valence electrons. The first-order chi connectivity index (χ1) is 21.7. The van der Waals surface area contributed by atoms with Crippen molar-refractivity contribution in [2.24, 2.45) is 5.92 Å². The summed E-state index contributed by atoms with van der Waals surface area (Å²) in [6.07, 6.45) is 5.85. The van der Waals surface area contributed by atoms with Gasteiger partial charge in [-0.1, -0.05) is 35.3 Å². The molecule has 4 aromatic heterocycles. The van der Waals surface area contributed by atoms with E-state index in [-0.39, 0.29) is 23.0 Å². The van der Waals surface area contributed by atoms with E-state index in [4.69, 9.17) is 20.8 Å². The lowest BCUT2D eigenvalue weighted by atomic mass is 9.88. The van der Waals surface area contributed by atoms with E-state index in [0.29, 0.717) is 69.5 Å². The highest BCUT2D eigenvalue weighted by atomic mass is 35.5. The Balaban J connectivity index is 1.43. The number of carbonyl (C=O) groups excluding carboxylic acids is 1. The number of nitrogens with zero attached hydrogens (tertiary/aromatic N) is 6. The van der Waals surface area contributed by atoms with Crippen LogP contribution in [0.15, 0.2) is 70.3 Å². The highest BCUT2D eigenvalue weighted by molar-refractivity contribution is 6.31. The fraction of sp³-hybridized carbons (Fsp3) is 0.290. The van der Waals surface area contributed by atoms with Crippen molar-refractivity contribution in [3.8, 4) is 34.1 Å². The Morgan fingerprint density at radius 2 is 2.00 bits per heavy atom. The second-order valence-electron chi connectivity index (χ2n) is 10.6. The number of amides is 1. The molecule has 0 radical (unpaired) electrons. The highest BCUT2D eigenvalue weighted by Crippen LogP contribution is 2.37. The molecule has 0 saturated heterocycles. The van der Waals surface area contributed by atoms with E-state index in [1.54, 1.807) is 55.6 Å². The predicted octanol–water partition coefficient (Wildman–Crippen LogP) is 6.48. The lowest BCUT2D eigenvalue weighted by Crippen LogP contribution is -2.22. The Morgan fingerprint density at radius 1 is 1.16 bits per heavy atom. The van der Waals surface area contributed by atoms with Crippen LogP contribution in [-0.4, -0.2) is 42.3 Å². The maximum atomic E-state index is 13.9. The van der Waals surface area contributed by atoms with Crippen molar-refractivity contribution in [1.82, 2.24) is 29.8 Å². The predicted molar refractivity (Wildman–Crippen MR) is 162 cm³/mol. The summed E-state index contributed by atoms with van der Waals surface area (Å²) in [5.74, 6) is -0.680. The molecule has 0 saturated carbocycles. The van der Waals surface area contributed by atoms with Gasteiger partial charge in [0.05, 0.1) is 36.1 Å². The van der Waals surface area contributed by atoms with E-state index >= 15 is 0 Å². The van der Waals surface area contributed by atoms with Crippen LogP contribution in [0.25, 0.3) is 28.3 Å². The summed E-state index contributed by atoms with van der Waals surface area (Å²) < 4.78 is 41.3. The molecule has 1 N–H and O–H groups in total. The average molecular weight is 636 g/mol. The van der Waals surface area contributed by atoms with Gasteiger partial charge in [0.1, 0.15) is 5.76 Å². The van der Waals surface area contributed by atoms with Crippen LogP contribution >= 0.6 is 11.6 Å². The number of fused-ring (bicyclic) bond motifs is 4. The third-order valence-electron chi connectivity index (χ3n) is 7.69. The van der Waals surface area contributed by atoms with Crippen LogP contribution in [0.4, 0.5) is 14.5 Å². The Bertz CT molecular complexity index is 1920. The molecular formula is C31H28ClF2N7O4. The molecule has 0 fully saturated rings. The molecule has 0 spiro atoms. The molecule has 5 heterocycles. The summed E-state index contributed by atoms with van der Waals surface area (Å²) in [5.41, 5.74) is 1.89. The minimum absolute atomic E-state index is 0.0463. The third kappa shape index (κ3) is 6.07. The Labute approximate surface area is 260 Å². The maximum absolute atomic E-state index is 13.9. The molecule has 11 nitrogen and oxygen atoms in total. The van der Waals surface area contributed by atoms with E-state index < -0.39 is 24.0 Å². The molecule has 1 amide bonds. The van der Waals surface area contributed by atoms with Crippen molar-refractivity contribution >= 4 is 23.2 Å². The number of aromatic nitrogens is 6. The molecule has 14 heteroatoms. The van der Waals surface area contributed by atoms with Crippen LogP contribution in [0.5, 0.6) is 5.88 Å². The normalized spacial score (nSPS) is 16.9. The largest absolute Gasteiger partial charge is 0.476 e. The molecule has 6 rings (SSSR count). The zero-order valence-corrected chi connectivity index (χ0v) is 25.0. The Hall–Kier alpha value is -4.91. The van der Waals surface area contributed by atoms with Crippen molar-refractivity contribution in [2.45, 2.75) is 45.6 Å². The number of ether oxygens (including phenoxy) is 1. The molecule has 45 heavy (non-hydrogen) atoms. The molecule has 0 aliphatic carbocycles. The number of hydrogen-bond acceptors (Lipinski definition) is 8. The Morgan fingerprint density at radius 3 is 2.78 bits per heavy atom. The summed E-state index contributed by atoms with van der Waals surface area (Å²) >= 11 is 6.33. The maximum Gasteiger partial charge on any atom is 0.340 e. The molecule has 2 atom stereocenters. The molecule has 1 aliphatic heterocycles. The van der Waals surface area contributed by atoms with Crippen molar-refractivity contribution in [3.05, 3.63) is 87.8 Å². The number of hydrogen-bond donors (Lipinski definition) is 1. The third-order valence-corrected chi connectivity index (χ3v) is 7.93. The molecule has 1 aliphatic rings. The zero-order chi connectivity index (χ0) is 31.7. The van der Waals surface area contributed by atoms with Crippen LogP contribution in [0.2, 0.25) is 5.02 Å². The van der Waals surface area contributed by atoms with Gasteiger partial charge >= 0.3 is 12.2 Å². The van der Waals surface area contributed by atoms with Crippen LogP contribution in [0, 0.1) is 5.92 Å². The fourth-order valence-electron chi connectivity index (χ4n) is 5.47. The smallest absolute Gasteiger partial charge is 0.340 e. The van der Waals surface area contributed by atoms with Gasteiger partial charge in [-0.25, -0.2) is 14.2 Å². The summed E-state index contributed by atoms with van der Waals surface area (Å²) in [4.78, 5) is 31.1. The first-order valence-corrected chi connectivity index (χ1v) is 14.7. The number of alkyl halides is 2. The van der Waals surface area contributed by atoms with E-state index in [1.165, 1.54) is 17.1 Å². The minimum atomic E-state index is -2.94. The summed E-state index contributed by atoms with van der Waals surface area (Å²) in [6.45, 7) is 1.08. The number of anilines is 1. The first kappa shape index (κ1) is 30.1. The van der Waals surface area contributed by atoms with Gasteiger partial charge in [-0.3, -0.25) is 9.78 Å². The van der Waals surface area contributed by atoms with Gasteiger partial charge in [-0.2, -0.15) is 13.9 Å². The molecule has 5 aromatic rings. The summed E-state index contributed by atoms with van der Waals surface area (Å²) in [6, 6.07) is 11.6. The zero-order valence-electron chi connectivity index (χ0n) is 24.3. The topological polar surface area (TPSA) is 130 Å². The summed E-state index contributed by atoms with van der Waals surface area (Å²) in [7, 11) is 0. The molecular weight excluding hydrogens is 608 g/mol. The van der Waals surface area contributed by atoms with E-state index in [1.807, 2.05) is 6.92 Å². The van der Waals surface area contributed by atoms with Crippen LogP contribution in [0.3, 0.4) is 0 Å². The van der Waals surface area contributed by atoms with Crippen molar-refractivity contribution < 1.29 is 22.7 Å². The monoisotopic (exact) mass is 635 g/mol. The molecule has 2 bridgehead atoms. The lowest BCUT2D eigenvalue weighted by Gasteiger charge is -2.20. The SMILES string of the molecule is CCOc1cn(-c2ccc(Cl)cc2-c2ccc([C@@H]3CCC[C@H](C)C(=O)Nc4cnn(C(F)F)c4-c4ccnc3c4)c(=O)o2)nn1. The average Bonchev–Trinajstić information content (AvgIpc) is 3.67. The fourth-order valence-corrected chi connectivity index (χ4v) is 5.64. The second-order valence-corrected chi connectivity index (χ2v) is 11.0. The second kappa shape index (κ2) is 12.6. The van der Waals surface area contributed by atoms with Gasteiger partial charge in [0.2, 0.25) is 5.91 Å². The lowest BCUT2D eigenvalue weighted by molar-refractivity contribution is -0.119. The van der Waals surface area contributed by atoms with Crippen LogP contribution in [0.1, 0.15) is 56.8 Å². The van der Waals surface area contributed by atoms with E-state index in [2.05, 4.69) is 25.7 Å². The van der Waals surface area contributed by atoms with Crippen molar-refractivity contribution in [1.29, 1.82) is 0 Å². The van der Waals surface area contributed by atoms with E-state index in [9.17, 15) is 18.4 Å². The summed E-state index contributed by atoms with van der Waals surface area (Å²) in [5, 5.41) is 15.1. The number of nitrogens with one attached hydrogen (secondary N) is 1. The molecule has 0 unspecified atom stereocenters. The van der Waals surface area contributed by atoms with Crippen LogP contribution < -0.4 is 15.7 Å². The van der Waals surface area contributed by atoms with Crippen molar-refractivity contribution in [3.63, 3.8) is 0 Å². The van der Waals surface area contributed by atoms with Gasteiger partial charge in [0.25, 0.3) is 5.88 Å². The quantitative estimate of drug-likeness (QED) is 0.224. The van der Waals surface area contributed by atoms with Gasteiger partial charge in [0, 0.05) is 45.4 Å².